The van der Waals surface area contributed by atoms with Gasteiger partial charge in [-0.1, -0.05) is 37.6 Å². The zero-order valence-corrected chi connectivity index (χ0v) is 20.1. The highest BCUT2D eigenvalue weighted by atomic mass is 35.5. The van der Waals surface area contributed by atoms with Gasteiger partial charge in [-0.05, 0) is 31.0 Å². The minimum atomic E-state index is -3.69. The van der Waals surface area contributed by atoms with E-state index in [1.165, 1.54) is 21.7 Å². The molecule has 31 heavy (non-hydrogen) atoms. The minimum Gasteiger partial charge on any atom is -0.335 e. The summed E-state index contributed by atoms with van der Waals surface area (Å²) in [5, 5.41) is 5.81. The van der Waals surface area contributed by atoms with E-state index < -0.39 is 10.0 Å². The lowest BCUT2D eigenvalue weighted by Crippen LogP contribution is -2.50. The third-order valence-corrected chi connectivity index (χ3v) is 8.87. The van der Waals surface area contributed by atoms with Gasteiger partial charge in [0.25, 0.3) is 5.91 Å². The smallest absolute Gasteiger partial charge is 0.264 e. The molecule has 0 unspecified atom stereocenters. The summed E-state index contributed by atoms with van der Waals surface area (Å²) >= 11 is 7.55. The van der Waals surface area contributed by atoms with Gasteiger partial charge < -0.3 is 4.90 Å². The fourth-order valence-electron chi connectivity index (χ4n) is 3.77. The summed E-state index contributed by atoms with van der Waals surface area (Å²) < 4.78 is 29.2. The molecule has 1 aliphatic heterocycles. The van der Waals surface area contributed by atoms with Crippen LogP contribution in [0.15, 0.2) is 35.2 Å². The average Bonchev–Trinajstić information content (AvgIpc) is 3.29. The van der Waals surface area contributed by atoms with Crippen molar-refractivity contribution in [3.8, 4) is 0 Å². The van der Waals surface area contributed by atoms with E-state index >= 15 is 0 Å². The summed E-state index contributed by atoms with van der Waals surface area (Å²) in [6, 6.07) is 8.34. The summed E-state index contributed by atoms with van der Waals surface area (Å²) in [6.45, 7) is 8.20. The Morgan fingerprint density at radius 3 is 2.52 bits per heavy atom. The van der Waals surface area contributed by atoms with Crippen molar-refractivity contribution in [2.24, 2.45) is 5.92 Å². The first-order valence-corrected chi connectivity index (χ1v) is 12.8. The van der Waals surface area contributed by atoms with Gasteiger partial charge in [-0.15, -0.1) is 11.3 Å². The number of thiophene rings is 1. The van der Waals surface area contributed by atoms with E-state index in [2.05, 4.69) is 18.9 Å². The van der Waals surface area contributed by atoms with Gasteiger partial charge in [0.2, 0.25) is 10.0 Å². The molecule has 1 aliphatic rings. The third-order valence-electron chi connectivity index (χ3n) is 5.34. The van der Waals surface area contributed by atoms with Crippen molar-refractivity contribution in [2.75, 3.05) is 26.2 Å². The number of benzene rings is 1. The van der Waals surface area contributed by atoms with Gasteiger partial charge in [-0.2, -0.15) is 9.40 Å². The number of carbonyl (C=O) groups is 1. The number of nitrogens with zero attached hydrogens (tertiary/aromatic N) is 4. The maximum atomic E-state index is 13.1. The Bertz CT molecular complexity index is 1220. The molecule has 7 nitrogen and oxygen atoms in total. The number of hydrogen-bond donors (Lipinski definition) is 0. The van der Waals surface area contributed by atoms with Crippen LogP contribution in [0.2, 0.25) is 5.02 Å². The molecule has 0 saturated carbocycles. The molecule has 0 bridgehead atoms. The molecule has 0 spiro atoms. The van der Waals surface area contributed by atoms with Crippen LogP contribution in [0.5, 0.6) is 0 Å². The number of aromatic nitrogens is 2. The first kappa shape index (κ1) is 22.3. The van der Waals surface area contributed by atoms with Crippen molar-refractivity contribution in [1.29, 1.82) is 0 Å². The minimum absolute atomic E-state index is 0.0634. The molecule has 0 aliphatic carbocycles. The Morgan fingerprint density at radius 1 is 1.19 bits per heavy atom. The van der Waals surface area contributed by atoms with E-state index in [9.17, 15) is 13.2 Å². The van der Waals surface area contributed by atoms with Gasteiger partial charge in [0.05, 0.1) is 15.6 Å². The Kier molecular flexibility index (Phi) is 6.13. The predicted molar refractivity (Wildman–Crippen MR) is 123 cm³/mol. The van der Waals surface area contributed by atoms with Crippen molar-refractivity contribution in [3.63, 3.8) is 0 Å². The molecule has 4 rings (SSSR count). The highest BCUT2D eigenvalue weighted by molar-refractivity contribution is 7.89. The van der Waals surface area contributed by atoms with Crippen LogP contribution in [-0.2, 0) is 16.6 Å². The first-order chi connectivity index (χ1) is 14.7. The van der Waals surface area contributed by atoms with Gasteiger partial charge in [-0.3, -0.25) is 9.48 Å². The van der Waals surface area contributed by atoms with Crippen molar-refractivity contribution in [3.05, 3.63) is 45.9 Å². The van der Waals surface area contributed by atoms with E-state index in [1.807, 2.05) is 17.7 Å². The molecular formula is C21H25ClN4O3S2. The second-order valence-electron chi connectivity index (χ2n) is 8.12. The quantitative estimate of drug-likeness (QED) is 0.555. The summed E-state index contributed by atoms with van der Waals surface area (Å²) in [5.74, 6) is 0.392. The highest BCUT2D eigenvalue weighted by Crippen LogP contribution is 2.30. The summed E-state index contributed by atoms with van der Waals surface area (Å²) in [6.07, 6.45) is 0. The molecule has 0 atom stereocenters. The zero-order valence-electron chi connectivity index (χ0n) is 17.7. The number of amides is 1. The van der Waals surface area contributed by atoms with Crippen molar-refractivity contribution >= 4 is 49.1 Å². The van der Waals surface area contributed by atoms with E-state index in [-0.39, 0.29) is 28.9 Å². The van der Waals surface area contributed by atoms with Crippen LogP contribution in [0.4, 0.5) is 0 Å². The van der Waals surface area contributed by atoms with Crippen LogP contribution in [0, 0.1) is 12.8 Å². The zero-order chi connectivity index (χ0) is 22.3. The Hall–Kier alpha value is -1.94. The van der Waals surface area contributed by atoms with Crippen LogP contribution >= 0.6 is 22.9 Å². The Morgan fingerprint density at radius 2 is 1.87 bits per heavy atom. The molecule has 1 saturated heterocycles. The van der Waals surface area contributed by atoms with Gasteiger partial charge in [0.15, 0.2) is 0 Å². The maximum Gasteiger partial charge on any atom is 0.264 e. The lowest BCUT2D eigenvalue weighted by molar-refractivity contribution is 0.0703. The fraction of sp³-hybridized carbons (Fsp3) is 0.429. The monoisotopic (exact) mass is 480 g/mol. The highest BCUT2D eigenvalue weighted by Gasteiger charge is 2.32. The Balaban J connectivity index is 1.49. The van der Waals surface area contributed by atoms with Crippen LogP contribution in [0.3, 0.4) is 0 Å². The largest absolute Gasteiger partial charge is 0.335 e. The molecule has 3 heterocycles. The summed E-state index contributed by atoms with van der Waals surface area (Å²) in [5.41, 5.74) is 0.918. The van der Waals surface area contributed by atoms with Crippen LogP contribution in [0.25, 0.3) is 10.2 Å². The molecule has 1 fully saturated rings. The van der Waals surface area contributed by atoms with Gasteiger partial charge >= 0.3 is 0 Å². The van der Waals surface area contributed by atoms with E-state index in [1.54, 1.807) is 23.1 Å². The Labute approximate surface area is 191 Å². The lowest BCUT2D eigenvalue weighted by Gasteiger charge is -2.33. The lowest BCUT2D eigenvalue weighted by atomic mass is 10.2. The average molecular weight is 481 g/mol. The topological polar surface area (TPSA) is 75.5 Å². The molecule has 1 amide bonds. The number of hydrogen-bond acceptors (Lipinski definition) is 5. The molecule has 166 valence electrons. The molecule has 0 N–H and O–H groups in total. The fourth-order valence-corrected chi connectivity index (χ4v) is 6.82. The summed E-state index contributed by atoms with van der Waals surface area (Å²) in [4.78, 5) is 16.6. The number of halogens is 1. The van der Waals surface area contributed by atoms with Crippen LogP contribution in [0.1, 0.15) is 29.2 Å². The maximum absolute atomic E-state index is 13.1. The van der Waals surface area contributed by atoms with Crippen LogP contribution < -0.4 is 0 Å². The number of carbonyl (C=O) groups excluding carboxylic acids is 1. The number of piperazine rings is 1. The van der Waals surface area contributed by atoms with Gasteiger partial charge in [-0.25, -0.2) is 8.42 Å². The normalized spacial score (nSPS) is 15.8. The number of aryl methyl sites for hydroxylation is 1. The number of sulfonamides is 1. The van der Waals surface area contributed by atoms with Crippen molar-refractivity contribution in [1.82, 2.24) is 19.0 Å². The van der Waals surface area contributed by atoms with Gasteiger partial charge in [0, 0.05) is 38.1 Å². The summed E-state index contributed by atoms with van der Waals surface area (Å²) in [7, 11) is -3.69. The SMILES string of the molecule is Cc1nn(CC(C)C)c2sc(C(=O)N3CCN(S(=O)(=O)c4ccccc4Cl)CC3)cc12. The van der Waals surface area contributed by atoms with Crippen molar-refractivity contribution in [2.45, 2.75) is 32.2 Å². The van der Waals surface area contributed by atoms with E-state index in [4.69, 9.17) is 11.6 Å². The third kappa shape index (κ3) is 4.24. The molecular weight excluding hydrogens is 456 g/mol. The molecule has 2 aromatic heterocycles. The van der Waals surface area contributed by atoms with Crippen LogP contribution in [-0.4, -0.2) is 59.5 Å². The predicted octanol–water partition coefficient (Wildman–Crippen LogP) is 3.86. The molecule has 10 heteroatoms. The number of rotatable bonds is 5. The molecule has 3 aromatic rings. The first-order valence-electron chi connectivity index (χ1n) is 10.2. The van der Waals surface area contributed by atoms with E-state index in [0.717, 1.165) is 22.5 Å². The second-order valence-corrected chi connectivity index (χ2v) is 11.5. The number of fused-ring (bicyclic) bond motifs is 1. The van der Waals surface area contributed by atoms with Gasteiger partial charge in [0.1, 0.15) is 9.73 Å². The molecule has 0 radical (unpaired) electrons. The van der Waals surface area contributed by atoms with Crippen molar-refractivity contribution < 1.29 is 13.2 Å². The standard InChI is InChI=1S/C21H25ClN4O3S2/c1-14(2)13-26-21-16(15(3)23-26)12-18(30-21)20(27)24-8-10-25(11-9-24)31(28,29)19-7-5-4-6-17(19)22/h4-7,12,14H,8-11,13H2,1-3H3. The second kappa shape index (κ2) is 8.54. The molecule has 1 aromatic carbocycles. The van der Waals surface area contributed by atoms with E-state index in [0.29, 0.717) is 23.9 Å².